The number of hydrogen-bond acceptors (Lipinski definition) is 24. The summed E-state index contributed by atoms with van der Waals surface area (Å²) in [6.07, 6.45) is 7.55. The number of methoxy groups -OCH3 is 2. The number of aliphatic imine (C=N–C) groups is 1. The lowest BCUT2D eigenvalue weighted by Gasteiger charge is -2.37. The molecule has 5 aliphatic rings. The maximum Gasteiger partial charge on any atom is 0.416 e. The summed E-state index contributed by atoms with van der Waals surface area (Å²) in [4.78, 5) is 127. The van der Waals surface area contributed by atoms with Gasteiger partial charge in [0.15, 0.2) is 29.2 Å². The predicted molar refractivity (Wildman–Crippen MR) is 411 cm³/mol. The second-order valence-corrected chi connectivity index (χ2v) is 29.3. The van der Waals surface area contributed by atoms with Gasteiger partial charge in [-0.05, 0) is 87.6 Å². The molecule has 5 heterocycles. The van der Waals surface area contributed by atoms with Crippen LogP contribution in [0.5, 0.6) is 23.0 Å². The lowest BCUT2D eigenvalue weighted by atomic mass is 9.73. The fraction of sp³-hybridized carbons (Fsp3) is 0.575. The van der Waals surface area contributed by atoms with E-state index in [9.17, 15) is 48.3 Å². The number of nitrogens with one attached hydrogen (secondary N) is 4. The van der Waals surface area contributed by atoms with Crippen molar-refractivity contribution >= 4 is 76.6 Å². The van der Waals surface area contributed by atoms with Gasteiger partial charge in [0.25, 0.3) is 23.6 Å². The number of amides is 9. The lowest BCUT2D eigenvalue weighted by molar-refractivity contribution is -0.137. The zero-order valence-corrected chi connectivity index (χ0v) is 66.2. The number of carbonyl (C=O) groups excluding carboxylic acids is 9. The summed E-state index contributed by atoms with van der Waals surface area (Å²) in [5, 5.41) is 23.0. The summed E-state index contributed by atoms with van der Waals surface area (Å²) in [5.41, 5.74) is 2.97. The zero-order chi connectivity index (χ0) is 80.9. The first-order valence-electron chi connectivity index (χ1n) is 38.0. The molecule has 3 aromatic rings. The van der Waals surface area contributed by atoms with Crippen molar-refractivity contribution in [2.45, 2.75) is 138 Å². The molecule has 5 N–H and O–H groups in total. The summed E-state index contributed by atoms with van der Waals surface area (Å²) in [6.45, 7) is 23.2. The van der Waals surface area contributed by atoms with E-state index in [0.717, 1.165) is 27.4 Å². The summed E-state index contributed by atoms with van der Waals surface area (Å²) in [5.74, 6) is -2.23. The number of nitrogens with zero attached hydrogens (tertiary/aromatic N) is 5. The third-order valence-corrected chi connectivity index (χ3v) is 19.1. The molecule has 0 spiro atoms. The Morgan fingerprint density at radius 2 is 1.13 bits per heavy atom. The highest BCUT2D eigenvalue weighted by Crippen LogP contribution is 2.45. The van der Waals surface area contributed by atoms with E-state index in [1.807, 2.05) is 20.0 Å². The average molecular weight is 1570 g/mol. The van der Waals surface area contributed by atoms with Crippen molar-refractivity contribution in [2.75, 3.05) is 156 Å². The van der Waals surface area contributed by atoms with Crippen LogP contribution in [0, 0.1) is 16.7 Å². The SMILES string of the molecule is CCC(C)(COc1cc2c(cc1OC)C(=O)N1C=C(C)C[C@H]1C=N2)CC(C)(C)COc1cc2c(cc1OC)C(=O)N1C=C(C)C[C@H]1[C@H](O)N2C(=O)OCc1ccc(NC(=O)[C@H](C)NC(=O)[C@@H](NC(=O)CCOCCOCCOCCOCCOCCOCCOCCOCCNC(=O)CCN2C(=O)C=CC2=O)C(C)C)cc1. The fourth-order valence-electron chi connectivity index (χ4n) is 13.0. The van der Waals surface area contributed by atoms with Gasteiger partial charge in [0, 0.05) is 79.9 Å². The Hall–Kier alpha value is -9.38. The van der Waals surface area contributed by atoms with E-state index < -0.39 is 76.7 Å². The molecule has 0 saturated heterocycles. The van der Waals surface area contributed by atoms with E-state index in [1.54, 1.807) is 67.6 Å². The van der Waals surface area contributed by atoms with E-state index in [4.69, 9.17) is 66.6 Å². The standard InChI is InChI=1S/C80H111N9O23/c1-12-80(9,51-112-66-43-61-59(41-64(66)100-10)75(96)87-46-53(4)39-58(87)45-82-61)49-79(7,8)50-111-67-44-62-60(42-65(67)101-11)76(97)88-47-54(5)40-63(88)77(98)89(62)78(99)110-48-56-13-15-57(16-14-56)84-73(94)55(6)83-74(95)72(52(2)3)85-69(91)20-23-102-25-27-104-29-31-106-33-35-108-37-38-109-36-34-107-32-30-105-28-26-103-24-21-81-68(90)19-22-86-70(92)17-18-71(86)93/h13-18,41-47,52,55,58,63,72,77,98H,12,19-40,48-51H2,1-11H3,(H,81,90)(H,83,95)(H,84,94)(H,85,91)/t55-,58-,63-,72-,77-,80?/m0/s1. The van der Waals surface area contributed by atoms with E-state index >= 15 is 0 Å². The summed E-state index contributed by atoms with van der Waals surface area (Å²) < 4.78 is 74.7. The molecule has 0 radical (unpaired) electrons. The molecule has 6 atom stereocenters. The minimum Gasteiger partial charge on any atom is -0.493 e. The van der Waals surface area contributed by atoms with Gasteiger partial charge in [-0.2, -0.15) is 0 Å². The van der Waals surface area contributed by atoms with Gasteiger partial charge in [0.2, 0.25) is 23.6 Å². The highest BCUT2D eigenvalue weighted by molar-refractivity contribution is 6.13. The van der Waals surface area contributed by atoms with Crippen LogP contribution in [0.2, 0.25) is 0 Å². The first kappa shape index (κ1) is 88.2. The maximum absolute atomic E-state index is 14.5. The Balaban J connectivity index is 0.682. The zero-order valence-electron chi connectivity index (χ0n) is 66.2. The van der Waals surface area contributed by atoms with Gasteiger partial charge in [0.05, 0.1) is 168 Å². The minimum atomic E-state index is -1.55. The van der Waals surface area contributed by atoms with Gasteiger partial charge in [-0.3, -0.25) is 48.2 Å². The molecular formula is C80H111N9O23. The monoisotopic (exact) mass is 1570 g/mol. The van der Waals surface area contributed by atoms with Gasteiger partial charge >= 0.3 is 6.09 Å². The lowest BCUT2D eigenvalue weighted by Crippen LogP contribution is -2.53. The van der Waals surface area contributed by atoms with Crippen LogP contribution >= 0.6 is 0 Å². The Bertz CT molecular complexity index is 3830. The number of imide groups is 1. The number of benzene rings is 3. The Morgan fingerprint density at radius 3 is 1.71 bits per heavy atom. The van der Waals surface area contributed by atoms with Crippen molar-refractivity contribution < 1.29 is 110 Å². The van der Waals surface area contributed by atoms with Gasteiger partial charge in [0.1, 0.15) is 18.7 Å². The second kappa shape index (κ2) is 43.6. The number of hydrogen-bond donors (Lipinski definition) is 5. The molecule has 614 valence electrons. The Labute approximate surface area is 654 Å². The van der Waals surface area contributed by atoms with Gasteiger partial charge in [-0.25, -0.2) is 9.69 Å². The number of anilines is 2. The van der Waals surface area contributed by atoms with Gasteiger partial charge in [-0.1, -0.05) is 64.8 Å². The first-order valence-corrected chi connectivity index (χ1v) is 38.0. The summed E-state index contributed by atoms with van der Waals surface area (Å²) in [6, 6.07) is 9.99. The topological polar surface area (TPSA) is 367 Å². The highest BCUT2D eigenvalue weighted by Gasteiger charge is 2.46. The number of rotatable bonds is 49. The molecule has 0 bridgehead atoms. The molecule has 112 heavy (non-hydrogen) atoms. The number of fused-ring (bicyclic) bond motifs is 4. The normalized spacial score (nSPS) is 17.5. The van der Waals surface area contributed by atoms with Crippen LogP contribution in [-0.2, 0) is 78.0 Å². The smallest absolute Gasteiger partial charge is 0.416 e. The van der Waals surface area contributed by atoms with Gasteiger partial charge < -0.3 is 97.8 Å². The van der Waals surface area contributed by atoms with Crippen molar-refractivity contribution in [1.82, 2.24) is 30.7 Å². The quantitative estimate of drug-likeness (QED) is 0.0281. The molecule has 8 rings (SSSR count). The van der Waals surface area contributed by atoms with Crippen molar-refractivity contribution in [1.29, 1.82) is 0 Å². The number of carbonyl (C=O) groups is 9. The predicted octanol–water partition coefficient (Wildman–Crippen LogP) is 6.96. The van der Waals surface area contributed by atoms with E-state index in [0.29, 0.717) is 146 Å². The second-order valence-electron chi connectivity index (χ2n) is 29.3. The summed E-state index contributed by atoms with van der Waals surface area (Å²) >= 11 is 0. The average Bonchev–Trinajstić information content (AvgIpc) is 1.53. The molecule has 0 saturated carbocycles. The third kappa shape index (κ3) is 26.1. The minimum absolute atomic E-state index is 0.0171. The molecule has 1 unspecified atom stereocenters. The van der Waals surface area contributed by atoms with Crippen LogP contribution in [0.3, 0.4) is 0 Å². The molecule has 32 nitrogen and oxygen atoms in total. The van der Waals surface area contributed by atoms with Crippen molar-refractivity contribution in [2.24, 2.45) is 21.7 Å². The van der Waals surface area contributed by atoms with Crippen molar-refractivity contribution in [3.63, 3.8) is 0 Å². The van der Waals surface area contributed by atoms with Crippen LogP contribution in [0.25, 0.3) is 0 Å². The Morgan fingerprint density at radius 1 is 0.607 bits per heavy atom. The molecule has 0 fully saturated rings. The van der Waals surface area contributed by atoms with Crippen LogP contribution in [0.4, 0.5) is 21.9 Å². The van der Waals surface area contributed by atoms with E-state index in [2.05, 4.69) is 49.0 Å². The maximum atomic E-state index is 14.5. The molecule has 32 heteroatoms. The summed E-state index contributed by atoms with van der Waals surface area (Å²) in [7, 11) is 2.99. The van der Waals surface area contributed by atoms with Crippen LogP contribution < -0.4 is 45.1 Å². The van der Waals surface area contributed by atoms with E-state index in [1.165, 1.54) is 50.3 Å². The molecule has 0 aliphatic carbocycles. The molecule has 9 amide bonds. The first-order chi connectivity index (χ1) is 53.7. The van der Waals surface area contributed by atoms with Gasteiger partial charge in [-0.15, -0.1) is 0 Å². The third-order valence-electron chi connectivity index (χ3n) is 19.1. The Kier molecular flexibility index (Phi) is 34.3. The molecule has 5 aliphatic heterocycles. The van der Waals surface area contributed by atoms with Crippen molar-refractivity contribution in [3.8, 4) is 23.0 Å². The molecule has 3 aromatic carbocycles. The number of ether oxygens (including phenoxy) is 13. The van der Waals surface area contributed by atoms with E-state index in [-0.39, 0.29) is 105 Å². The number of aliphatic hydroxyl groups is 1. The van der Waals surface area contributed by atoms with Crippen LogP contribution in [0.15, 0.2) is 89.2 Å². The molecular weight excluding hydrogens is 1450 g/mol. The molecule has 0 aromatic heterocycles. The highest BCUT2D eigenvalue weighted by atomic mass is 16.6. The van der Waals surface area contributed by atoms with Crippen molar-refractivity contribution in [3.05, 3.63) is 101 Å². The van der Waals surface area contributed by atoms with Crippen LogP contribution in [-0.4, -0.2) is 256 Å². The number of aliphatic hydroxyl groups excluding tert-OH is 1. The van der Waals surface area contributed by atoms with Crippen LogP contribution in [0.1, 0.15) is 127 Å². The largest absolute Gasteiger partial charge is 0.493 e. The fourth-order valence-corrected chi connectivity index (χ4v) is 13.0.